The smallest absolute Gasteiger partial charge is 0.124 e. The van der Waals surface area contributed by atoms with E-state index in [1.165, 1.54) is 0 Å². The van der Waals surface area contributed by atoms with Gasteiger partial charge in [-0.1, -0.05) is 13.8 Å². The van der Waals surface area contributed by atoms with E-state index in [0.717, 1.165) is 17.0 Å². The van der Waals surface area contributed by atoms with Crippen molar-refractivity contribution in [2.24, 2.45) is 5.92 Å². The van der Waals surface area contributed by atoms with Gasteiger partial charge in [0.25, 0.3) is 0 Å². The van der Waals surface area contributed by atoms with Crippen LogP contribution in [0, 0.1) is 5.92 Å². The molecule has 0 amide bonds. The summed E-state index contributed by atoms with van der Waals surface area (Å²) < 4.78 is 11.3. The molecule has 0 heterocycles. The second-order valence-electron chi connectivity index (χ2n) is 4.56. The second kappa shape index (κ2) is 6.50. The van der Waals surface area contributed by atoms with Crippen LogP contribution in [-0.4, -0.2) is 12.7 Å². The molecule has 0 aliphatic carbocycles. The van der Waals surface area contributed by atoms with Gasteiger partial charge in [-0.15, -0.1) is 0 Å². The maximum absolute atomic E-state index is 5.80. The molecule has 0 saturated carbocycles. The fourth-order valence-electron chi connectivity index (χ4n) is 1.42. The molecule has 0 radical (unpaired) electrons. The summed E-state index contributed by atoms with van der Waals surface area (Å²) in [7, 11) is 0. The molecular weight excluding hydrogens is 214 g/mol. The highest BCUT2D eigenvalue weighted by Crippen LogP contribution is 2.23. The first-order valence-corrected chi connectivity index (χ1v) is 6.17. The highest BCUT2D eigenvalue weighted by molar-refractivity contribution is 5.47. The number of hydrogen-bond donors (Lipinski definition) is 1. The van der Waals surface area contributed by atoms with E-state index in [-0.39, 0.29) is 6.10 Å². The van der Waals surface area contributed by atoms with E-state index in [2.05, 4.69) is 20.8 Å². The van der Waals surface area contributed by atoms with Gasteiger partial charge in [-0.25, -0.2) is 0 Å². The number of ether oxygens (including phenoxy) is 2. The summed E-state index contributed by atoms with van der Waals surface area (Å²) in [5, 5.41) is 0. The molecule has 0 fully saturated rings. The fraction of sp³-hybridized carbons (Fsp3) is 0.571. The van der Waals surface area contributed by atoms with Crippen LogP contribution < -0.4 is 10.5 Å². The van der Waals surface area contributed by atoms with Crippen LogP contribution in [0.1, 0.15) is 33.3 Å². The number of rotatable bonds is 6. The molecule has 1 rings (SSSR count). The third-order valence-electron chi connectivity index (χ3n) is 2.82. The van der Waals surface area contributed by atoms with Crippen molar-refractivity contribution in [3.05, 3.63) is 23.8 Å². The average Bonchev–Trinajstić information content (AvgIpc) is 2.29. The quantitative estimate of drug-likeness (QED) is 0.772. The summed E-state index contributed by atoms with van der Waals surface area (Å²) in [6.07, 6.45) is 0.228. The molecule has 1 aromatic carbocycles. The first kappa shape index (κ1) is 13.8. The van der Waals surface area contributed by atoms with E-state index < -0.39 is 0 Å². The van der Waals surface area contributed by atoms with Crippen LogP contribution >= 0.6 is 0 Å². The zero-order valence-corrected chi connectivity index (χ0v) is 11.2. The zero-order chi connectivity index (χ0) is 12.8. The van der Waals surface area contributed by atoms with Gasteiger partial charge < -0.3 is 15.2 Å². The zero-order valence-electron chi connectivity index (χ0n) is 11.2. The van der Waals surface area contributed by atoms with Crippen molar-refractivity contribution < 1.29 is 9.47 Å². The Morgan fingerprint density at radius 1 is 1.24 bits per heavy atom. The lowest BCUT2D eigenvalue weighted by Gasteiger charge is -2.18. The van der Waals surface area contributed by atoms with E-state index in [1.54, 1.807) is 0 Å². The molecular formula is C14H23NO2. The second-order valence-corrected chi connectivity index (χ2v) is 4.56. The van der Waals surface area contributed by atoms with Crippen molar-refractivity contribution in [2.75, 3.05) is 12.3 Å². The van der Waals surface area contributed by atoms with E-state index in [4.69, 9.17) is 15.2 Å². The average molecular weight is 237 g/mol. The standard InChI is InChI=1S/C14H23NO2/c1-5-16-14-7-6-13(15)8-12(14)9-17-11(4)10(2)3/h6-8,10-11H,5,9,15H2,1-4H3. The Morgan fingerprint density at radius 3 is 2.53 bits per heavy atom. The summed E-state index contributed by atoms with van der Waals surface area (Å²) in [6, 6.07) is 5.66. The predicted molar refractivity (Wildman–Crippen MR) is 71.1 cm³/mol. The van der Waals surface area contributed by atoms with Gasteiger partial charge in [-0.05, 0) is 38.0 Å². The molecule has 1 atom stereocenters. The van der Waals surface area contributed by atoms with E-state index in [0.29, 0.717) is 19.1 Å². The summed E-state index contributed by atoms with van der Waals surface area (Å²) in [4.78, 5) is 0. The summed E-state index contributed by atoms with van der Waals surface area (Å²) in [6.45, 7) is 9.53. The minimum atomic E-state index is 0.228. The third kappa shape index (κ3) is 4.27. The molecule has 0 bridgehead atoms. The minimum Gasteiger partial charge on any atom is -0.494 e. The molecule has 1 aromatic rings. The Hall–Kier alpha value is -1.22. The molecule has 0 aliphatic rings. The van der Waals surface area contributed by atoms with Crippen molar-refractivity contribution in [3.63, 3.8) is 0 Å². The molecule has 96 valence electrons. The largest absolute Gasteiger partial charge is 0.494 e. The monoisotopic (exact) mass is 237 g/mol. The highest BCUT2D eigenvalue weighted by Gasteiger charge is 2.10. The summed E-state index contributed by atoms with van der Waals surface area (Å²) in [5.74, 6) is 1.37. The topological polar surface area (TPSA) is 44.5 Å². The van der Waals surface area contributed by atoms with Crippen LogP contribution in [0.2, 0.25) is 0 Å². The number of anilines is 1. The molecule has 2 N–H and O–H groups in total. The van der Waals surface area contributed by atoms with Crippen molar-refractivity contribution in [2.45, 2.75) is 40.4 Å². The molecule has 3 nitrogen and oxygen atoms in total. The van der Waals surface area contributed by atoms with Gasteiger partial charge in [0.05, 0.1) is 19.3 Å². The summed E-state index contributed by atoms with van der Waals surface area (Å²) >= 11 is 0. The Balaban J connectivity index is 2.71. The Bertz CT molecular complexity index is 350. The van der Waals surface area contributed by atoms with Crippen molar-refractivity contribution >= 4 is 5.69 Å². The first-order valence-electron chi connectivity index (χ1n) is 6.17. The fourth-order valence-corrected chi connectivity index (χ4v) is 1.42. The van der Waals surface area contributed by atoms with Crippen molar-refractivity contribution in [1.82, 2.24) is 0 Å². The van der Waals surface area contributed by atoms with Crippen molar-refractivity contribution in [3.8, 4) is 5.75 Å². The molecule has 17 heavy (non-hydrogen) atoms. The van der Waals surface area contributed by atoms with Crippen LogP contribution in [0.5, 0.6) is 5.75 Å². The minimum absolute atomic E-state index is 0.228. The number of benzene rings is 1. The van der Waals surface area contributed by atoms with E-state index >= 15 is 0 Å². The SMILES string of the molecule is CCOc1ccc(N)cc1COC(C)C(C)C. The van der Waals surface area contributed by atoms with Crippen LogP contribution in [0.25, 0.3) is 0 Å². The molecule has 0 aliphatic heterocycles. The Morgan fingerprint density at radius 2 is 1.94 bits per heavy atom. The molecule has 0 saturated heterocycles. The normalized spacial score (nSPS) is 12.8. The van der Waals surface area contributed by atoms with Gasteiger partial charge in [0.15, 0.2) is 0 Å². The Labute approximate surface area is 104 Å². The lowest BCUT2D eigenvalue weighted by molar-refractivity contribution is 0.0224. The van der Waals surface area contributed by atoms with Gasteiger partial charge in [0, 0.05) is 11.3 Å². The molecule has 3 heteroatoms. The lowest BCUT2D eigenvalue weighted by atomic mass is 10.1. The third-order valence-corrected chi connectivity index (χ3v) is 2.82. The number of hydrogen-bond acceptors (Lipinski definition) is 3. The van der Waals surface area contributed by atoms with Crippen LogP contribution in [0.15, 0.2) is 18.2 Å². The van der Waals surface area contributed by atoms with Gasteiger partial charge in [0.2, 0.25) is 0 Å². The van der Waals surface area contributed by atoms with Gasteiger partial charge in [0.1, 0.15) is 5.75 Å². The van der Waals surface area contributed by atoms with Crippen molar-refractivity contribution in [1.29, 1.82) is 0 Å². The summed E-state index contributed by atoms with van der Waals surface area (Å²) in [5.41, 5.74) is 7.53. The molecule has 1 unspecified atom stereocenters. The molecule has 0 aromatic heterocycles. The maximum atomic E-state index is 5.80. The Kier molecular flexibility index (Phi) is 5.29. The number of nitrogen functional groups attached to an aromatic ring is 1. The van der Waals surface area contributed by atoms with E-state index in [9.17, 15) is 0 Å². The van der Waals surface area contributed by atoms with Crippen LogP contribution in [0.3, 0.4) is 0 Å². The number of nitrogens with two attached hydrogens (primary N) is 1. The highest BCUT2D eigenvalue weighted by atomic mass is 16.5. The van der Waals surface area contributed by atoms with E-state index in [1.807, 2.05) is 25.1 Å². The van der Waals surface area contributed by atoms with Gasteiger partial charge in [-0.3, -0.25) is 0 Å². The lowest BCUT2D eigenvalue weighted by Crippen LogP contribution is -2.15. The first-order chi connectivity index (χ1) is 8.04. The predicted octanol–water partition coefficient (Wildman–Crippen LogP) is 3.23. The maximum Gasteiger partial charge on any atom is 0.124 e. The molecule has 0 spiro atoms. The van der Waals surface area contributed by atoms with Gasteiger partial charge in [-0.2, -0.15) is 0 Å². The van der Waals surface area contributed by atoms with Gasteiger partial charge >= 0.3 is 0 Å². The van der Waals surface area contributed by atoms with Crippen LogP contribution in [-0.2, 0) is 11.3 Å². The van der Waals surface area contributed by atoms with Crippen LogP contribution in [0.4, 0.5) is 5.69 Å².